The van der Waals surface area contributed by atoms with Crippen LogP contribution < -0.4 is 9.64 Å². The second kappa shape index (κ2) is 7.98. The summed E-state index contributed by atoms with van der Waals surface area (Å²) < 4.78 is 5.78. The lowest BCUT2D eigenvalue weighted by Gasteiger charge is -2.25. The van der Waals surface area contributed by atoms with Crippen LogP contribution >= 0.6 is 23.2 Å². The van der Waals surface area contributed by atoms with E-state index in [1.54, 1.807) is 6.07 Å². The predicted octanol–water partition coefficient (Wildman–Crippen LogP) is 5.02. The molecule has 0 radical (unpaired) electrons. The van der Waals surface area contributed by atoms with Crippen LogP contribution in [-0.2, 0) is 11.4 Å². The van der Waals surface area contributed by atoms with Crippen LogP contribution in [0.25, 0.3) is 0 Å². The molecule has 6 heteroatoms. The van der Waals surface area contributed by atoms with Gasteiger partial charge in [0.05, 0.1) is 6.42 Å². The largest absolute Gasteiger partial charge is 0.489 e. The van der Waals surface area contributed by atoms with Crippen molar-refractivity contribution in [3.63, 3.8) is 0 Å². The van der Waals surface area contributed by atoms with E-state index < -0.39 is 5.97 Å². The Morgan fingerprint density at radius 2 is 1.84 bits per heavy atom. The van der Waals surface area contributed by atoms with Gasteiger partial charge in [0.25, 0.3) is 0 Å². The molecule has 1 unspecified atom stereocenters. The molecular weight excluding hydrogens is 361 g/mol. The fourth-order valence-corrected chi connectivity index (χ4v) is 3.76. The van der Waals surface area contributed by atoms with E-state index in [0.717, 1.165) is 36.4 Å². The van der Waals surface area contributed by atoms with E-state index >= 15 is 0 Å². The van der Waals surface area contributed by atoms with Crippen molar-refractivity contribution < 1.29 is 14.6 Å². The van der Waals surface area contributed by atoms with E-state index in [1.807, 2.05) is 36.4 Å². The first-order chi connectivity index (χ1) is 12.0. The highest BCUT2D eigenvalue weighted by atomic mass is 35.5. The minimum absolute atomic E-state index is 0.0675. The minimum Gasteiger partial charge on any atom is -0.489 e. The quantitative estimate of drug-likeness (QED) is 0.765. The van der Waals surface area contributed by atoms with Gasteiger partial charge in [-0.25, -0.2) is 0 Å². The van der Waals surface area contributed by atoms with Crippen molar-refractivity contribution in [2.45, 2.75) is 31.9 Å². The maximum absolute atomic E-state index is 11.0. The van der Waals surface area contributed by atoms with E-state index in [0.29, 0.717) is 16.7 Å². The van der Waals surface area contributed by atoms with Gasteiger partial charge in [0, 0.05) is 28.3 Å². The molecule has 0 aliphatic carbocycles. The summed E-state index contributed by atoms with van der Waals surface area (Å²) in [6, 6.07) is 13.1. The van der Waals surface area contributed by atoms with Gasteiger partial charge >= 0.3 is 5.97 Å². The molecule has 2 aromatic carbocycles. The summed E-state index contributed by atoms with van der Waals surface area (Å²) >= 11 is 12.0. The third kappa shape index (κ3) is 4.80. The second-order valence-corrected chi connectivity index (χ2v) is 7.02. The lowest BCUT2D eigenvalue weighted by atomic mass is 10.1. The Labute approximate surface area is 156 Å². The first-order valence-corrected chi connectivity index (χ1v) is 8.93. The standard InChI is InChI=1S/C19H19Cl2NO3/c20-14-8-13(9-15(21)10-14)12-25-18-5-3-16(4-6-18)22-7-1-2-17(22)11-19(23)24/h3-6,8-10,17H,1-2,7,11-12H2,(H,23,24). The summed E-state index contributed by atoms with van der Waals surface area (Å²) in [6.07, 6.45) is 2.11. The van der Waals surface area contributed by atoms with Gasteiger partial charge in [-0.15, -0.1) is 0 Å². The zero-order valence-electron chi connectivity index (χ0n) is 13.6. The van der Waals surface area contributed by atoms with Crippen molar-refractivity contribution in [2.75, 3.05) is 11.4 Å². The van der Waals surface area contributed by atoms with Crippen LogP contribution in [0.4, 0.5) is 5.69 Å². The van der Waals surface area contributed by atoms with Gasteiger partial charge in [0.15, 0.2) is 0 Å². The van der Waals surface area contributed by atoms with Crippen LogP contribution in [0.5, 0.6) is 5.75 Å². The van der Waals surface area contributed by atoms with Crippen molar-refractivity contribution in [1.82, 2.24) is 0 Å². The van der Waals surface area contributed by atoms with E-state index in [4.69, 9.17) is 33.0 Å². The van der Waals surface area contributed by atoms with Crippen LogP contribution in [0.1, 0.15) is 24.8 Å². The summed E-state index contributed by atoms with van der Waals surface area (Å²) in [5, 5.41) is 10.2. The fourth-order valence-electron chi connectivity index (χ4n) is 3.18. The molecule has 0 amide bonds. The van der Waals surface area contributed by atoms with Gasteiger partial charge in [0.2, 0.25) is 0 Å². The highest BCUT2D eigenvalue weighted by molar-refractivity contribution is 6.34. The molecule has 1 heterocycles. The number of carboxylic acid groups (broad SMARTS) is 1. The van der Waals surface area contributed by atoms with Crippen molar-refractivity contribution in [2.24, 2.45) is 0 Å². The molecule has 0 bridgehead atoms. The highest BCUT2D eigenvalue weighted by Crippen LogP contribution is 2.29. The number of benzene rings is 2. The van der Waals surface area contributed by atoms with Crippen LogP contribution in [0.3, 0.4) is 0 Å². The number of carbonyl (C=O) groups is 1. The number of rotatable bonds is 6. The van der Waals surface area contributed by atoms with Crippen molar-refractivity contribution >= 4 is 34.9 Å². The van der Waals surface area contributed by atoms with Crippen molar-refractivity contribution in [3.8, 4) is 5.75 Å². The van der Waals surface area contributed by atoms with E-state index in [-0.39, 0.29) is 12.5 Å². The van der Waals surface area contributed by atoms with Gasteiger partial charge in [-0.3, -0.25) is 4.79 Å². The molecule has 132 valence electrons. The highest BCUT2D eigenvalue weighted by Gasteiger charge is 2.26. The number of aliphatic carboxylic acids is 1. The molecule has 1 aliphatic rings. The zero-order chi connectivity index (χ0) is 17.8. The first kappa shape index (κ1) is 17.9. The number of anilines is 1. The Morgan fingerprint density at radius 1 is 1.16 bits per heavy atom. The molecule has 4 nitrogen and oxygen atoms in total. The smallest absolute Gasteiger partial charge is 0.305 e. The third-order valence-electron chi connectivity index (χ3n) is 4.28. The zero-order valence-corrected chi connectivity index (χ0v) is 15.1. The molecule has 1 saturated heterocycles. The van der Waals surface area contributed by atoms with Gasteiger partial charge in [-0.05, 0) is 60.9 Å². The molecule has 1 atom stereocenters. The minimum atomic E-state index is -0.753. The van der Waals surface area contributed by atoms with Crippen LogP contribution in [-0.4, -0.2) is 23.7 Å². The lowest BCUT2D eigenvalue weighted by molar-refractivity contribution is -0.137. The van der Waals surface area contributed by atoms with Gasteiger partial charge in [0.1, 0.15) is 12.4 Å². The summed E-state index contributed by atoms with van der Waals surface area (Å²) in [5.41, 5.74) is 1.93. The number of hydrogen-bond acceptors (Lipinski definition) is 3. The summed E-state index contributed by atoms with van der Waals surface area (Å²) in [5.74, 6) is -0.00846. The molecule has 1 N–H and O–H groups in total. The second-order valence-electron chi connectivity index (χ2n) is 6.15. The Kier molecular flexibility index (Phi) is 5.71. The Morgan fingerprint density at radius 3 is 2.48 bits per heavy atom. The number of hydrogen-bond donors (Lipinski definition) is 1. The Hall–Kier alpha value is -1.91. The number of ether oxygens (including phenoxy) is 1. The predicted molar refractivity (Wildman–Crippen MR) is 99.9 cm³/mol. The van der Waals surface area contributed by atoms with E-state index in [9.17, 15) is 4.79 Å². The van der Waals surface area contributed by atoms with Gasteiger partial charge < -0.3 is 14.7 Å². The first-order valence-electron chi connectivity index (χ1n) is 8.17. The third-order valence-corrected chi connectivity index (χ3v) is 4.72. The van der Waals surface area contributed by atoms with Gasteiger partial charge in [-0.1, -0.05) is 23.2 Å². The number of carboxylic acids is 1. The lowest BCUT2D eigenvalue weighted by Crippen LogP contribution is -2.31. The van der Waals surface area contributed by atoms with Crippen LogP contribution in [0.2, 0.25) is 10.0 Å². The SMILES string of the molecule is O=C(O)CC1CCCN1c1ccc(OCc2cc(Cl)cc(Cl)c2)cc1. The van der Waals surface area contributed by atoms with Crippen LogP contribution in [0.15, 0.2) is 42.5 Å². The molecule has 25 heavy (non-hydrogen) atoms. The Balaban J connectivity index is 1.63. The molecule has 0 saturated carbocycles. The van der Waals surface area contributed by atoms with E-state index in [1.165, 1.54) is 0 Å². The fraction of sp³-hybridized carbons (Fsp3) is 0.316. The summed E-state index contributed by atoms with van der Waals surface area (Å²) in [6.45, 7) is 1.27. The molecular formula is C19H19Cl2NO3. The molecule has 0 spiro atoms. The molecule has 2 aromatic rings. The maximum Gasteiger partial charge on any atom is 0.305 e. The van der Waals surface area contributed by atoms with Crippen LogP contribution in [0, 0.1) is 0 Å². The average Bonchev–Trinajstić information content (AvgIpc) is 3.00. The summed E-state index contributed by atoms with van der Waals surface area (Å²) in [4.78, 5) is 13.1. The van der Waals surface area contributed by atoms with E-state index in [2.05, 4.69) is 4.90 Å². The average molecular weight is 380 g/mol. The maximum atomic E-state index is 11.0. The monoisotopic (exact) mass is 379 g/mol. The number of halogens is 2. The van der Waals surface area contributed by atoms with Crippen molar-refractivity contribution in [1.29, 1.82) is 0 Å². The molecule has 3 rings (SSSR count). The number of nitrogens with zero attached hydrogens (tertiary/aromatic N) is 1. The van der Waals surface area contributed by atoms with Crippen molar-refractivity contribution in [3.05, 3.63) is 58.1 Å². The topological polar surface area (TPSA) is 49.8 Å². The molecule has 0 aromatic heterocycles. The molecule has 1 fully saturated rings. The van der Waals surface area contributed by atoms with Gasteiger partial charge in [-0.2, -0.15) is 0 Å². The summed E-state index contributed by atoms with van der Waals surface area (Å²) in [7, 11) is 0. The normalized spacial score (nSPS) is 16.9. The Bertz CT molecular complexity index is 729. The molecule has 1 aliphatic heterocycles.